The molecule has 18 heavy (non-hydrogen) atoms. The summed E-state index contributed by atoms with van der Waals surface area (Å²) >= 11 is 0. The SMILES string of the molecule is CCCNCCNS(=O)(=O)c1ccc(F)c(C)c1. The molecule has 2 N–H and O–H groups in total. The Morgan fingerprint density at radius 2 is 1.94 bits per heavy atom. The van der Waals surface area contributed by atoms with Gasteiger partial charge in [-0.15, -0.1) is 0 Å². The van der Waals surface area contributed by atoms with Crippen LogP contribution in [0.3, 0.4) is 0 Å². The Kier molecular flexibility index (Phi) is 5.71. The number of rotatable bonds is 7. The molecule has 0 atom stereocenters. The number of benzene rings is 1. The summed E-state index contributed by atoms with van der Waals surface area (Å²) in [6, 6.07) is 3.76. The molecule has 0 aromatic heterocycles. The van der Waals surface area contributed by atoms with Gasteiger partial charge in [0.05, 0.1) is 4.90 Å². The predicted octanol–water partition coefficient (Wildman–Crippen LogP) is 1.41. The lowest BCUT2D eigenvalue weighted by Gasteiger charge is -2.08. The van der Waals surface area contributed by atoms with Gasteiger partial charge in [0.1, 0.15) is 5.82 Å². The zero-order valence-electron chi connectivity index (χ0n) is 10.7. The Bertz CT molecular complexity index is 489. The topological polar surface area (TPSA) is 58.2 Å². The maximum absolute atomic E-state index is 13.1. The van der Waals surface area contributed by atoms with E-state index < -0.39 is 15.8 Å². The van der Waals surface area contributed by atoms with Crippen molar-refractivity contribution in [1.82, 2.24) is 10.0 Å². The second kappa shape index (κ2) is 6.82. The minimum absolute atomic E-state index is 0.0943. The molecule has 0 aliphatic rings. The van der Waals surface area contributed by atoms with Crippen LogP contribution in [0.1, 0.15) is 18.9 Å². The van der Waals surface area contributed by atoms with Gasteiger partial charge in [0.2, 0.25) is 10.0 Å². The van der Waals surface area contributed by atoms with Crippen LogP contribution in [0.4, 0.5) is 4.39 Å². The van der Waals surface area contributed by atoms with Crippen LogP contribution >= 0.6 is 0 Å². The standard InChI is InChI=1S/C12H19FN2O2S/c1-3-6-14-7-8-15-18(16,17)11-4-5-12(13)10(2)9-11/h4-5,9,14-15H,3,6-8H2,1-2H3. The molecule has 4 nitrogen and oxygen atoms in total. The number of aryl methyl sites for hydroxylation is 1. The van der Waals surface area contributed by atoms with Gasteiger partial charge in [-0.05, 0) is 43.7 Å². The van der Waals surface area contributed by atoms with Gasteiger partial charge in [0, 0.05) is 13.1 Å². The van der Waals surface area contributed by atoms with Gasteiger partial charge in [-0.25, -0.2) is 17.5 Å². The fourth-order valence-electron chi connectivity index (χ4n) is 1.44. The molecule has 1 aromatic carbocycles. The smallest absolute Gasteiger partial charge is 0.240 e. The molecule has 0 heterocycles. The number of hydrogen-bond donors (Lipinski definition) is 2. The van der Waals surface area contributed by atoms with Crippen LogP contribution in [0.5, 0.6) is 0 Å². The molecule has 102 valence electrons. The number of sulfonamides is 1. The molecule has 1 rings (SSSR count). The first kappa shape index (κ1) is 15.1. The monoisotopic (exact) mass is 274 g/mol. The molecular formula is C12H19FN2O2S. The summed E-state index contributed by atoms with van der Waals surface area (Å²) in [5.74, 6) is -0.404. The molecule has 0 aliphatic heterocycles. The fraction of sp³-hybridized carbons (Fsp3) is 0.500. The second-order valence-corrected chi connectivity index (χ2v) is 5.83. The van der Waals surface area contributed by atoms with Gasteiger partial charge >= 0.3 is 0 Å². The average Bonchev–Trinajstić information content (AvgIpc) is 2.32. The van der Waals surface area contributed by atoms with E-state index in [1.807, 2.05) is 6.92 Å². The first-order valence-corrected chi connectivity index (χ1v) is 7.42. The maximum atomic E-state index is 13.1. The van der Waals surface area contributed by atoms with Crippen LogP contribution in [-0.2, 0) is 10.0 Å². The van der Waals surface area contributed by atoms with Gasteiger partial charge in [0.25, 0.3) is 0 Å². The van der Waals surface area contributed by atoms with Crippen molar-refractivity contribution >= 4 is 10.0 Å². The summed E-state index contributed by atoms with van der Waals surface area (Å²) in [4.78, 5) is 0.0943. The largest absolute Gasteiger partial charge is 0.315 e. The molecule has 1 aromatic rings. The number of halogens is 1. The van der Waals surface area contributed by atoms with E-state index in [2.05, 4.69) is 10.0 Å². The molecule has 0 saturated heterocycles. The molecule has 0 spiro atoms. The van der Waals surface area contributed by atoms with Crippen LogP contribution in [-0.4, -0.2) is 28.1 Å². The van der Waals surface area contributed by atoms with E-state index >= 15 is 0 Å². The molecule has 0 radical (unpaired) electrons. The van der Waals surface area contributed by atoms with Crippen LogP contribution in [0.2, 0.25) is 0 Å². The molecule has 0 aliphatic carbocycles. The van der Waals surface area contributed by atoms with Crippen LogP contribution in [0.25, 0.3) is 0 Å². The number of nitrogens with one attached hydrogen (secondary N) is 2. The normalized spacial score (nSPS) is 11.7. The van der Waals surface area contributed by atoms with Crippen molar-refractivity contribution in [2.75, 3.05) is 19.6 Å². The van der Waals surface area contributed by atoms with Gasteiger partial charge in [-0.2, -0.15) is 0 Å². The molecule has 0 bridgehead atoms. The van der Waals surface area contributed by atoms with Gasteiger partial charge in [-0.3, -0.25) is 0 Å². The van der Waals surface area contributed by atoms with E-state index in [-0.39, 0.29) is 4.90 Å². The van der Waals surface area contributed by atoms with E-state index in [1.54, 1.807) is 0 Å². The zero-order chi connectivity index (χ0) is 13.6. The van der Waals surface area contributed by atoms with E-state index in [0.717, 1.165) is 13.0 Å². The highest BCUT2D eigenvalue weighted by Gasteiger charge is 2.14. The summed E-state index contributed by atoms with van der Waals surface area (Å²) < 4.78 is 39.3. The van der Waals surface area contributed by atoms with Crippen molar-refractivity contribution < 1.29 is 12.8 Å². The van der Waals surface area contributed by atoms with Gasteiger partial charge in [0.15, 0.2) is 0 Å². The van der Waals surface area contributed by atoms with Crippen molar-refractivity contribution in [1.29, 1.82) is 0 Å². The minimum Gasteiger partial charge on any atom is -0.315 e. The lowest BCUT2D eigenvalue weighted by atomic mass is 10.2. The minimum atomic E-state index is -3.54. The molecule has 0 amide bonds. The third-order valence-corrected chi connectivity index (χ3v) is 3.92. The highest BCUT2D eigenvalue weighted by atomic mass is 32.2. The van der Waals surface area contributed by atoms with Crippen LogP contribution < -0.4 is 10.0 Å². The lowest BCUT2D eigenvalue weighted by molar-refractivity contribution is 0.574. The highest BCUT2D eigenvalue weighted by molar-refractivity contribution is 7.89. The number of hydrogen-bond acceptors (Lipinski definition) is 3. The van der Waals surface area contributed by atoms with Gasteiger partial charge < -0.3 is 5.32 Å². The van der Waals surface area contributed by atoms with Crippen molar-refractivity contribution in [2.24, 2.45) is 0 Å². The third-order valence-electron chi connectivity index (χ3n) is 2.46. The first-order chi connectivity index (χ1) is 8.47. The third kappa shape index (κ3) is 4.36. The Morgan fingerprint density at radius 3 is 2.56 bits per heavy atom. The van der Waals surface area contributed by atoms with Crippen LogP contribution in [0.15, 0.2) is 23.1 Å². The van der Waals surface area contributed by atoms with Crippen molar-refractivity contribution in [2.45, 2.75) is 25.2 Å². The van der Waals surface area contributed by atoms with E-state index in [1.165, 1.54) is 25.1 Å². The molecule has 0 unspecified atom stereocenters. The Balaban J connectivity index is 2.60. The summed E-state index contributed by atoms with van der Waals surface area (Å²) in [5.41, 5.74) is 0.321. The summed E-state index contributed by atoms with van der Waals surface area (Å²) in [6.07, 6.45) is 1.00. The fourth-order valence-corrected chi connectivity index (χ4v) is 2.56. The Hall–Kier alpha value is -0.980. The van der Waals surface area contributed by atoms with E-state index in [4.69, 9.17) is 0 Å². The maximum Gasteiger partial charge on any atom is 0.240 e. The molecule has 0 fully saturated rings. The van der Waals surface area contributed by atoms with Crippen molar-refractivity contribution in [3.8, 4) is 0 Å². The zero-order valence-corrected chi connectivity index (χ0v) is 11.5. The lowest BCUT2D eigenvalue weighted by Crippen LogP contribution is -2.32. The van der Waals surface area contributed by atoms with E-state index in [0.29, 0.717) is 18.7 Å². The Labute approximate surface area is 108 Å². The first-order valence-electron chi connectivity index (χ1n) is 5.94. The summed E-state index contributed by atoms with van der Waals surface area (Å²) in [7, 11) is -3.54. The Morgan fingerprint density at radius 1 is 1.22 bits per heavy atom. The summed E-state index contributed by atoms with van der Waals surface area (Å²) in [5, 5.41) is 3.09. The van der Waals surface area contributed by atoms with E-state index in [9.17, 15) is 12.8 Å². The van der Waals surface area contributed by atoms with Gasteiger partial charge in [-0.1, -0.05) is 6.92 Å². The molecule has 0 saturated carbocycles. The second-order valence-electron chi connectivity index (χ2n) is 4.06. The quantitative estimate of drug-likeness (QED) is 0.739. The molecular weight excluding hydrogens is 255 g/mol. The van der Waals surface area contributed by atoms with Crippen molar-refractivity contribution in [3.05, 3.63) is 29.6 Å². The predicted molar refractivity (Wildman–Crippen MR) is 69.5 cm³/mol. The average molecular weight is 274 g/mol. The van der Waals surface area contributed by atoms with Crippen molar-refractivity contribution in [3.63, 3.8) is 0 Å². The van der Waals surface area contributed by atoms with Crippen LogP contribution in [0, 0.1) is 12.7 Å². The highest BCUT2D eigenvalue weighted by Crippen LogP contribution is 2.13. The summed E-state index contributed by atoms with van der Waals surface area (Å²) in [6.45, 7) is 5.33. The molecule has 6 heteroatoms.